The van der Waals surface area contributed by atoms with Gasteiger partial charge in [0.25, 0.3) is 0 Å². The molecule has 0 aromatic rings. The van der Waals surface area contributed by atoms with Crippen LogP contribution in [0.2, 0.25) is 0 Å². The SMILES string of the molecule is CC(C)SC(C#N)C(F)(F)F. The maximum absolute atomic E-state index is 11.8. The lowest BCUT2D eigenvalue weighted by molar-refractivity contribution is -0.118. The molecule has 0 amide bonds. The highest BCUT2D eigenvalue weighted by atomic mass is 32.2. The first kappa shape index (κ1) is 10.6. The van der Waals surface area contributed by atoms with E-state index in [0.717, 1.165) is 0 Å². The summed E-state index contributed by atoms with van der Waals surface area (Å²) >= 11 is 0.620. The molecule has 11 heavy (non-hydrogen) atoms. The molecule has 5 heteroatoms. The Morgan fingerprint density at radius 2 is 1.82 bits per heavy atom. The molecule has 0 aliphatic carbocycles. The van der Waals surface area contributed by atoms with Gasteiger partial charge in [0.1, 0.15) is 0 Å². The quantitative estimate of drug-likeness (QED) is 0.657. The van der Waals surface area contributed by atoms with Crippen LogP contribution in [-0.4, -0.2) is 16.7 Å². The number of halogens is 3. The number of thioether (sulfide) groups is 1. The maximum atomic E-state index is 11.8. The third kappa shape index (κ3) is 4.14. The second kappa shape index (κ2) is 3.86. The van der Waals surface area contributed by atoms with Gasteiger partial charge in [0, 0.05) is 5.25 Å². The number of hydrogen-bond acceptors (Lipinski definition) is 2. The molecule has 1 nitrogen and oxygen atoms in total. The number of nitriles is 1. The van der Waals surface area contributed by atoms with Crippen molar-refractivity contribution >= 4 is 11.8 Å². The minimum atomic E-state index is -4.40. The molecule has 0 heterocycles. The Morgan fingerprint density at radius 3 is 1.91 bits per heavy atom. The Bertz CT molecular complexity index is 158. The molecule has 0 saturated heterocycles. The van der Waals surface area contributed by atoms with Crippen molar-refractivity contribution in [3.05, 3.63) is 0 Å². The lowest BCUT2D eigenvalue weighted by Gasteiger charge is -2.14. The summed E-state index contributed by atoms with van der Waals surface area (Å²) in [5.41, 5.74) is 0. The first-order valence-corrected chi connectivity index (χ1v) is 3.94. The maximum Gasteiger partial charge on any atom is 0.413 e. The highest BCUT2D eigenvalue weighted by Crippen LogP contribution is 2.31. The Labute approximate surface area is 67.6 Å². The van der Waals surface area contributed by atoms with Crippen molar-refractivity contribution in [3.63, 3.8) is 0 Å². The molecule has 0 aromatic heterocycles. The van der Waals surface area contributed by atoms with Gasteiger partial charge in [0.2, 0.25) is 0 Å². The van der Waals surface area contributed by atoms with E-state index in [1.165, 1.54) is 6.07 Å². The zero-order valence-corrected chi connectivity index (χ0v) is 6.96. The Balaban J connectivity index is 4.11. The van der Waals surface area contributed by atoms with Gasteiger partial charge in [-0.2, -0.15) is 18.4 Å². The van der Waals surface area contributed by atoms with Gasteiger partial charge in [-0.25, -0.2) is 0 Å². The van der Waals surface area contributed by atoms with Crippen LogP contribution in [0.4, 0.5) is 13.2 Å². The van der Waals surface area contributed by atoms with Crippen LogP contribution in [0.5, 0.6) is 0 Å². The summed E-state index contributed by atoms with van der Waals surface area (Å²) in [7, 11) is 0. The van der Waals surface area contributed by atoms with Gasteiger partial charge < -0.3 is 0 Å². The lowest BCUT2D eigenvalue weighted by Crippen LogP contribution is -2.25. The average molecular weight is 183 g/mol. The van der Waals surface area contributed by atoms with Gasteiger partial charge in [0.15, 0.2) is 5.25 Å². The molecule has 64 valence electrons. The first-order valence-electron chi connectivity index (χ1n) is 2.99. The monoisotopic (exact) mass is 183 g/mol. The van der Waals surface area contributed by atoms with E-state index in [4.69, 9.17) is 5.26 Å². The van der Waals surface area contributed by atoms with Gasteiger partial charge in [-0.05, 0) is 0 Å². The molecule has 0 aliphatic heterocycles. The Morgan fingerprint density at radius 1 is 1.36 bits per heavy atom. The zero-order chi connectivity index (χ0) is 9.07. The molecule has 1 atom stereocenters. The van der Waals surface area contributed by atoms with Crippen LogP contribution in [0.3, 0.4) is 0 Å². The summed E-state index contributed by atoms with van der Waals surface area (Å²) in [6, 6.07) is 1.21. The highest BCUT2D eigenvalue weighted by molar-refractivity contribution is 8.00. The zero-order valence-electron chi connectivity index (χ0n) is 6.14. The van der Waals surface area contributed by atoms with E-state index in [2.05, 4.69) is 0 Å². The minimum absolute atomic E-state index is 0.179. The number of rotatable bonds is 2. The van der Waals surface area contributed by atoms with Crippen molar-refractivity contribution in [1.29, 1.82) is 5.26 Å². The molecule has 0 N–H and O–H groups in total. The molecule has 0 radical (unpaired) electrons. The molecular formula is C6H8F3NS. The topological polar surface area (TPSA) is 23.8 Å². The van der Waals surface area contributed by atoms with Gasteiger partial charge in [-0.1, -0.05) is 13.8 Å². The van der Waals surface area contributed by atoms with Crippen molar-refractivity contribution in [2.45, 2.75) is 30.5 Å². The molecule has 0 aromatic carbocycles. The smallest absolute Gasteiger partial charge is 0.197 e. The molecule has 0 aliphatic rings. The van der Waals surface area contributed by atoms with Gasteiger partial charge in [0.05, 0.1) is 6.07 Å². The summed E-state index contributed by atoms with van der Waals surface area (Å²) in [5.74, 6) is 0. The molecule has 0 rings (SSSR count). The molecular weight excluding hydrogens is 175 g/mol. The molecule has 0 fully saturated rings. The molecule has 0 spiro atoms. The Hall–Kier alpha value is -0.370. The Kier molecular flexibility index (Phi) is 3.73. The molecule has 0 bridgehead atoms. The summed E-state index contributed by atoms with van der Waals surface area (Å²) in [6.45, 7) is 3.25. The van der Waals surface area contributed by atoms with Crippen molar-refractivity contribution in [1.82, 2.24) is 0 Å². The van der Waals surface area contributed by atoms with Crippen molar-refractivity contribution in [2.75, 3.05) is 0 Å². The summed E-state index contributed by atoms with van der Waals surface area (Å²) in [4.78, 5) is 0. The average Bonchev–Trinajstić information content (AvgIpc) is 1.79. The fourth-order valence-electron chi connectivity index (χ4n) is 0.453. The van der Waals surface area contributed by atoms with E-state index in [-0.39, 0.29) is 5.25 Å². The van der Waals surface area contributed by atoms with E-state index in [1.54, 1.807) is 13.8 Å². The van der Waals surface area contributed by atoms with Crippen LogP contribution < -0.4 is 0 Å². The second-order valence-corrected chi connectivity index (χ2v) is 3.92. The third-order valence-electron chi connectivity index (χ3n) is 0.823. The van der Waals surface area contributed by atoms with Crippen LogP contribution >= 0.6 is 11.8 Å². The van der Waals surface area contributed by atoms with E-state index in [0.29, 0.717) is 11.8 Å². The molecule has 1 unspecified atom stereocenters. The number of alkyl halides is 3. The minimum Gasteiger partial charge on any atom is -0.197 e. The van der Waals surface area contributed by atoms with Crippen molar-refractivity contribution < 1.29 is 13.2 Å². The van der Waals surface area contributed by atoms with Crippen molar-refractivity contribution in [2.24, 2.45) is 0 Å². The van der Waals surface area contributed by atoms with Gasteiger partial charge in [-0.3, -0.25) is 0 Å². The number of hydrogen-bond donors (Lipinski definition) is 0. The van der Waals surface area contributed by atoms with Gasteiger partial charge >= 0.3 is 6.18 Å². The van der Waals surface area contributed by atoms with E-state index < -0.39 is 11.4 Å². The predicted octanol–water partition coefficient (Wildman–Crippen LogP) is 2.58. The van der Waals surface area contributed by atoms with Gasteiger partial charge in [-0.15, -0.1) is 11.8 Å². The summed E-state index contributed by atoms with van der Waals surface area (Å²) in [6.07, 6.45) is -4.40. The van der Waals surface area contributed by atoms with Crippen LogP contribution in [0, 0.1) is 11.3 Å². The predicted molar refractivity (Wildman–Crippen MR) is 38.2 cm³/mol. The summed E-state index contributed by atoms with van der Waals surface area (Å²) in [5, 5.41) is 6.05. The fraction of sp³-hybridized carbons (Fsp3) is 0.833. The van der Waals surface area contributed by atoms with Crippen LogP contribution in [0.15, 0.2) is 0 Å². The number of nitrogens with zero attached hydrogens (tertiary/aromatic N) is 1. The first-order chi connectivity index (χ1) is 4.88. The van der Waals surface area contributed by atoms with Crippen LogP contribution in [-0.2, 0) is 0 Å². The van der Waals surface area contributed by atoms with E-state index >= 15 is 0 Å². The lowest BCUT2D eigenvalue weighted by atomic mass is 10.4. The standard InChI is InChI=1S/C6H8F3NS/c1-4(2)11-5(3-10)6(7,8)9/h4-5H,1-2H3. The van der Waals surface area contributed by atoms with E-state index in [1.807, 2.05) is 0 Å². The largest absolute Gasteiger partial charge is 0.413 e. The fourth-order valence-corrected chi connectivity index (χ4v) is 1.21. The second-order valence-electron chi connectivity index (χ2n) is 2.24. The highest BCUT2D eigenvalue weighted by Gasteiger charge is 2.40. The normalized spacial score (nSPS) is 14.6. The molecule has 0 saturated carbocycles. The van der Waals surface area contributed by atoms with Crippen LogP contribution in [0.25, 0.3) is 0 Å². The van der Waals surface area contributed by atoms with Crippen LogP contribution in [0.1, 0.15) is 13.8 Å². The third-order valence-corrected chi connectivity index (χ3v) is 2.01. The van der Waals surface area contributed by atoms with E-state index in [9.17, 15) is 13.2 Å². The van der Waals surface area contributed by atoms with Crippen molar-refractivity contribution in [3.8, 4) is 6.07 Å². The summed E-state index contributed by atoms with van der Waals surface area (Å²) < 4.78 is 35.5.